The number of rotatable bonds is 5. The van der Waals surface area contributed by atoms with Crippen LogP contribution in [0.25, 0.3) is 11.0 Å². The number of nitrogens with one attached hydrogen (secondary N) is 1. The van der Waals surface area contributed by atoms with Gasteiger partial charge in [0.1, 0.15) is 21.0 Å². The largest absolute Gasteiger partial charge is 0.598 e. The van der Waals surface area contributed by atoms with E-state index in [1.165, 1.54) is 0 Å². The molecule has 2 heterocycles. The van der Waals surface area contributed by atoms with Crippen molar-refractivity contribution in [2.24, 2.45) is 5.41 Å². The molecule has 0 bridgehead atoms. The van der Waals surface area contributed by atoms with Gasteiger partial charge in [0.2, 0.25) is 0 Å². The zero-order valence-electron chi connectivity index (χ0n) is 15.9. The van der Waals surface area contributed by atoms with Crippen LogP contribution in [0.1, 0.15) is 53.1 Å². The van der Waals surface area contributed by atoms with Crippen LogP contribution in [0.5, 0.6) is 0 Å². The van der Waals surface area contributed by atoms with Gasteiger partial charge in [-0.15, -0.1) is 4.72 Å². The average molecular weight is 450 g/mol. The second kappa shape index (κ2) is 7.73. The molecule has 0 radical (unpaired) electrons. The summed E-state index contributed by atoms with van der Waals surface area (Å²) < 4.78 is 44.6. The predicted octanol–water partition coefficient (Wildman–Crippen LogP) is 5.20. The first-order chi connectivity index (χ1) is 11.8. The standard InChI is InChI=1S/C18H26BrF2N3OS/c1-17(2,3)10-24-9-12(11-7-8-13(19)22-16(11)24)14(15(20)21)23-26(25)18(4,5)6/h7-9,14-15,23H,10H2,1-6H3/t14-,26-/m0/s1. The molecule has 0 fully saturated rings. The van der Waals surface area contributed by atoms with E-state index in [1.54, 1.807) is 39.1 Å². The van der Waals surface area contributed by atoms with Crippen molar-refractivity contribution in [1.82, 2.24) is 14.3 Å². The first kappa shape index (κ1) is 21.6. The Morgan fingerprint density at radius 3 is 2.35 bits per heavy atom. The molecule has 2 aromatic heterocycles. The summed E-state index contributed by atoms with van der Waals surface area (Å²) in [6.45, 7) is 12.1. The number of hydrogen-bond acceptors (Lipinski definition) is 3. The molecule has 0 aliphatic carbocycles. The molecule has 0 amide bonds. The Morgan fingerprint density at radius 1 is 1.23 bits per heavy atom. The highest BCUT2D eigenvalue weighted by Crippen LogP contribution is 2.33. The van der Waals surface area contributed by atoms with Crippen LogP contribution in [0.4, 0.5) is 8.78 Å². The predicted molar refractivity (Wildman–Crippen MR) is 107 cm³/mol. The summed E-state index contributed by atoms with van der Waals surface area (Å²) in [6.07, 6.45) is -0.988. The Bertz CT molecular complexity index is 768. The Kier molecular flexibility index (Phi) is 6.42. The molecule has 2 atom stereocenters. The van der Waals surface area contributed by atoms with Gasteiger partial charge in [0.05, 0.1) is 0 Å². The van der Waals surface area contributed by atoms with E-state index in [0.29, 0.717) is 27.7 Å². The van der Waals surface area contributed by atoms with E-state index in [9.17, 15) is 13.3 Å². The Morgan fingerprint density at radius 2 is 1.85 bits per heavy atom. The lowest BCUT2D eigenvalue weighted by atomic mass is 9.97. The number of pyridine rings is 1. The molecule has 0 spiro atoms. The van der Waals surface area contributed by atoms with Gasteiger partial charge in [-0.2, -0.15) is 0 Å². The number of halogens is 3. The maximum atomic E-state index is 13.9. The van der Waals surface area contributed by atoms with E-state index < -0.39 is 28.6 Å². The summed E-state index contributed by atoms with van der Waals surface area (Å²) in [7, 11) is 0. The minimum absolute atomic E-state index is 0.0464. The van der Waals surface area contributed by atoms with Crippen LogP contribution in [0.2, 0.25) is 0 Å². The summed E-state index contributed by atoms with van der Waals surface area (Å²) in [5.41, 5.74) is 1.00. The van der Waals surface area contributed by atoms with Gasteiger partial charge in [0, 0.05) is 35.1 Å². The van der Waals surface area contributed by atoms with Gasteiger partial charge in [-0.25, -0.2) is 13.8 Å². The average Bonchev–Trinajstić information content (AvgIpc) is 2.79. The highest BCUT2D eigenvalue weighted by atomic mass is 79.9. The molecule has 2 rings (SSSR count). The molecule has 0 saturated carbocycles. The monoisotopic (exact) mass is 449 g/mol. The smallest absolute Gasteiger partial charge is 0.262 e. The summed E-state index contributed by atoms with van der Waals surface area (Å²) in [5, 5.41) is 0.640. The van der Waals surface area contributed by atoms with Gasteiger partial charge >= 0.3 is 0 Å². The molecule has 0 aliphatic heterocycles. The van der Waals surface area contributed by atoms with Crippen LogP contribution in [-0.2, 0) is 17.9 Å². The molecule has 8 heteroatoms. The first-order valence-electron chi connectivity index (χ1n) is 8.41. The fourth-order valence-corrected chi connectivity index (χ4v) is 3.70. The summed E-state index contributed by atoms with van der Waals surface area (Å²) in [5.74, 6) is 0. The van der Waals surface area contributed by atoms with Crippen LogP contribution in [0.15, 0.2) is 22.9 Å². The third kappa shape index (κ3) is 5.18. The second-order valence-electron chi connectivity index (χ2n) is 8.59. The number of alkyl halides is 2. The van der Waals surface area contributed by atoms with Gasteiger partial charge in [-0.1, -0.05) is 20.8 Å². The molecule has 0 aliphatic rings. The summed E-state index contributed by atoms with van der Waals surface area (Å²) in [4.78, 5) is 4.48. The van der Waals surface area contributed by atoms with Crippen molar-refractivity contribution in [3.05, 3.63) is 28.5 Å². The minimum Gasteiger partial charge on any atom is -0.598 e. The van der Waals surface area contributed by atoms with Crippen LogP contribution in [0, 0.1) is 5.41 Å². The second-order valence-corrected chi connectivity index (χ2v) is 11.4. The SMILES string of the molecule is CC(C)(C)Cn1cc([C@H](N[S@@+]([O-])C(C)(C)C)C(F)F)c2ccc(Br)nc21. The van der Waals surface area contributed by atoms with Gasteiger partial charge < -0.3 is 9.12 Å². The van der Waals surface area contributed by atoms with E-state index in [1.807, 2.05) is 4.57 Å². The molecule has 2 aromatic rings. The molecule has 0 aromatic carbocycles. The van der Waals surface area contributed by atoms with Gasteiger partial charge in [-0.3, -0.25) is 0 Å². The van der Waals surface area contributed by atoms with Crippen LogP contribution in [0.3, 0.4) is 0 Å². The van der Waals surface area contributed by atoms with Crippen LogP contribution in [-0.4, -0.2) is 25.3 Å². The van der Waals surface area contributed by atoms with Gasteiger partial charge in [0.25, 0.3) is 6.43 Å². The molecule has 0 saturated heterocycles. The lowest BCUT2D eigenvalue weighted by Crippen LogP contribution is -2.43. The molecule has 1 N–H and O–H groups in total. The first-order valence-corrected chi connectivity index (χ1v) is 10.4. The van der Waals surface area contributed by atoms with E-state index >= 15 is 0 Å². The highest BCUT2D eigenvalue weighted by Gasteiger charge is 2.36. The minimum atomic E-state index is -2.70. The summed E-state index contributed by atoms with van der Waals surface area (Å²) >= 11 is 1.74. The lowest BCUT2D eigenvalue weighted by molar-refractivity contribution is 0.109. The van der Waals surface area contributed by atoms with E-state index in [2.05, 4.69) is 46.4 Å². The molecular formula is C18H26BrF2N3OS. The topological polar surface area (TPSA) is 52.9 Å². The molecule has 146 valence electrons. The van der Waals surface area contributed by atoms with Crippen molar-refractivity contribution in [2.45, 2.75) is 65.3 Å². The normalized spacial score (nSPS) is 15.7. The Labute approximate surface area is 165 Å². The van der Waals surface area contributed by atoms with Crippen LogP contribution >= 0.6 is 15.9 Å². The zero-order valence-corrected chi connectivity index (χ0v) is 18.3. The third-order valence-electron chi connectivity index (χ3n) is 3.74. The van der Waals surface area contributed by atoms with E-state index in [-0.39, 0.29) is 5.41 Å². The summed E-state index contributed by atoms with van der Waals surface area (Å²) in [6, 6.07) is 2.18. The maximum absolute atomic E-state index is 13.9. The van der Waals surface area contributed by atoms with Crippen molar-refractivity contribution in [3.8, 4) is 0 Å². The molecule has 4 nitrogen and oxygen atoms in total. The van der Waals surface area contributed by atoms with E-state index in [0.717, 1.165) is 0 Å². The maximum Gasteiger partial charge on any atom is 0.262 e. The zero-order chi connectivity index (χ0) is 19.9. The van der Waals surface area contributed by atoms with Gasteiger partial charge in [0.15, 0.2) is 0 Å². The Hall–Kier alpha value is -0.700. The van der Waals surface area contributed by atoms with Crippen molar-refractivity contribution in [1.29, 1.82) is 0 Å². The lowest BCUT2D eigenvalue weighted by Gasteiger charge is -2.27. The molecule has 0 unspecified atom stereocenters. The molecule has 26 heavy (non-hydrogen) atoms. The fraction of sp³-hybridized carbons (Fsp3) is 0.611. The van der Waals surface area contributed by atoms with E-state index in [4.69, 9.17) is 0 Å². The number of fused-ring (bicyclic) bond motifs is 1. The third-order valence-corrected chi connectivity index (χ3v) is 5.76. The number of aromatic nitrogens is 2. The van der Waals surface area contributed by atoms with Gasteiger partial charge in [-0.05, 0) is 54.2 Å². The Balaban J connectivity index is 2.55. The van der Waals surface area contributed by atoms with Crippen molar-refractivity contribution in [2.75, 3.05) is 0 Å². The highest BCUT2D eigenvalue weighted by molar-refractivity contribution is 9.10. The fourth-order valence-electron chi connectivity index (χ4n) is 2.59. The molecular weight excluding hydrogens is 424 g/mol. The van der Waals surface area contributed by atoms with Crippen LogP contribution < -0.4 is 4.72 Å². The number of nitrogens with zero attached hydrogens (tertiary/aromatic N) is 2. The number of hydrogen-bond donors (Lipinski definition) is 1. The van der Waals surface area contributed by atoms with Crippen molar-refractivity contribution in [3.63, 3.8) is 0 Å². The quantitative estimate of drug-likeness (QED) is 0.503. The van der Waals surface area contributed by atoms with Crippen molar-refractivity contribution < 1.29 is 13.3 Å². The van der Waals surface area contributed by atoms with Crippen molar-refractivity contribution >= 4 is 38.3 Å².